The average Bonchev–Trinajstić information content (AvgIpc) is 2.28. The Morgan fingerprint density at radius 1 is 1.39 bits per heavy atom. The Morgan fingerprint density at radius 2 is 2.00 bits per heavy atom. The van der Waals surface area contributed by atoms with Crippen LogP contribution in [0.4, 0.5) is 0 Å². The lowest BCUT2D eigenvalue weighted by Crippen LogP contribution is -2.37. The van der Waals surface area contributed by atoms with Crippen LogP contribution < -0.4 is 0 Å². The highest BCUT2D eigenvalue weighted by Crippen LogP contribution is 2.35. The van der Waals surface area contributed by atoms with Gasteiger partial charge in [0.15, 0.2) is 0 Å². The number of carboxylic acid groups (broad SMARTS) is 1. The summed E-state index contributed by atoms with van der Waals surface area (Å²) in [7, 11) is 0. The number of hydrogen-bond donors (Lipinski definition) is 2. The quantitative estimate of drug-likeness (QED) is 0.869. The number of carbonyl (C=O) groups is 1. The minimum atomic E-state index is -1.48. The summed E-state index contributed by atoms with van der Waals surface area (Å²) in [5, 5.41) is 20.4. The van der Waals surface area contributed by atoms with Crippen molar-refractivity contribution in [2.45, 2.75) is 32.3 Å². The number of rotatable bonds is 5. The van der Waals surface area contributed by atoms with Gasteiger partial charge in [-0.25, -0.2) is 0 Å². The van der Waals surface area contributed by atoms with E-state index in [9.17, 15) is 15.0 Å². The molecule has 2 unspecified atom stereocenters. The number of hydrogen-bond acceptors (Lipinski definition) is 2. The maximum absolute atomic E-state index is 11.2. The molecule has 0 aliphatic heterocycles. The van der Waals surface area contributed by atoms with Crippen LogP contribution >= 0.6 is 23.2 Å². The molecular formula is C13H16Cl2O3. The van der Waals surface area contributed by atoms with Crippen molar-refractivity contribution in [1.82, 2.24) is 0 Å². The van der Waals surface area contributed by atoms with Crippen LogP contribution in [0.1, 0.15) is 32.3 Å². The van der Waals surface area contributed by atoms with Gasteiger partial charge in [-0.15, -0.1) is 0 Å². The molecule has 0 bridgehead atoms. The SMILES string of the molecule is CCCC(C(=O)O)C(C)(O)c1ccc(Cl)c(Cl)c1. The minimum absolute atomic E-state index is 0.301. The summed E-state index contributed by atoms with van der Waals surface area (Å²) in [5.74, 6) is -1.90. The van der Waals surface area contributed by atoms with Crippen LogP contribution in [0.15, 0.2) is 18.2 Å². The Kier molecular flexibility index (Phi) is 5.02. The number of carboxylic acids is 1. The van der Waals surface area contributed by atoms with Crippen molar-refractivity contribution in [2.75, 3.05) is 0 Å². The van der Waals surface area contributed by atoms with Crippen LogP contribution in [0.3, 0.4) is 0 Å². The van der Waals surface area contributed by atoms with Gasteiger partial charge in [0, 0.05) is 0 Å². The second kappa shape index (κ2) is 5.91. The zero-order valence-corrected chi connectivity index (χ0v) is 11.8. The van der Waals surface area contributed by atoms with E-state index in [1.54, 1.807) is 12.1 Å². The molecule has 0 amide bonds. The van der Waals surface area contributed by atoms with E-state index in [1.807, 2.05) is 6.92 Å². The molecule has 1 rings (SSSR count). The fourth-order valence-corrected chi connectivity index (χ4v) is 2.24. The molecule has 0 spiro atoms. The Hall–Kier alpha value is -0.770. The standard InChI is InChI=1S/C13H16Cl2O3/c1-3-4-9(12(16)17)13(2,18)8-5-6-10(14)11(15)7-8/h5-7,9,18H,3-4H2,1-2H3,(H,16,17). The topological polar surface area (TPSA) is 57.5 Å². The largest absolute Gasteiger partial charge is 0.481 e. The van der Waals surface area contributed by atoms with Crippen LogP contribution in [0.25, 0.3) is 0 Å². The van der Waals surface area contributed by atoms with Crippen molar-refractivity contribution in [3.8, 4) is 0 Å². The van der Waals surface area contributed by atoms with E-state index in [0.29, 0.717) is 28.5 Å². The Morgan fingerprint density at radius 3 is 2.44 bits per heavy atom. The Labute approximate surface area is 116 Å². The lowest BCUT2D eigenvalue weighted by Gasteiger charge is -2.30. The molecule has 0 aromatic heterocycles. The Bertz CT molecular complexity index is 444. The van der Waals surface area contributed by atoms with Gasteiger partial charge in [0.25, 0.3) is 0 Å². The zero-order valence-electron chi connectivity index (χ0n) is 10.3. The smallest absolute Gasteiger partial charge is 0.309 e. The third kappa shape index (κ3) is 3.16. The molecule has 5 heteroatoms. The number of benzene rings is 1. The first-order valence-electron chi connectivity index (χ1n) is 5.71. The molecule has 100 valence electrons. The fraction of sp³-hybridized carbons (Fsp3) is 0.462. The average molecular weight is 291 g/mol. The van der Waals surface area contributed by atoms with Gasteiger partial charge in [0.1, 0.15) is 5.60 Å². The molecule has 0 heterocycles. The molecule has 0 aliphatic rings. The Balaban J connectivity index is 3.16. The van der Waals surface area contributed by atoms with Crippen LogP contribution in [0, 0.1) is 5.92 Å². The van der Waals surface area contributed by atoms with Crippen LogP contribution in [0.5, 0.6) is 0 Å². The lowest BCUT2D eigenvalue weighted by atomic mass is 9.80. The second-order valence-corrected chi connectivity index (χ2v) is 5.27. The highest BCUT2D eigenvalue weighted by molar-refractivity contribution is 6.42. The van der Waals surface area contributed by atoms with Crippen LogP contribution in [-0.2, 0) is 10.4 Å². The van der Waals surface area contributed by atoms with E-state index in [1.165, 1.54) is 13.0 Å². The van der Waals surface area contributed by atoms with E-state index in [2.05, 4.69) is 0 Å². The second-order valence-electron chi connectivity index (χ2n) is 4.46. The highest BCUT2D eigenvalue weighted by atomic mass is 35.5. The molecule has 1 aromatic carbocycles. The summed E-state index contributed by atoms with van der Waals surface area (Å²) in [6.45, 7) is 3.36. The molecule has 0 radical (unpaired) electrons. The molecule has 0 aliphatic carbocycles. The first-order valence-corrected chi connectivity index (χ1v) is 6.47. The van der Waals surface area contributed by atoms with E-state index < -0.39 is 17.5 Å². The van der Waals surface area contributed by atoms with E-state index >= 15 is 0 Å². The number of aliphatic carboxylic acids is 1. The first kappa shape index (κ1) is 15.3. The summed E-state index contributed by atoms with van der Waals surface area (Å²) in [6, 6.07) is 4.66. The normalized spacial score (nSPS) is 16.1. The molecule has 1 aromatic rings. The van der Waals surface area contributed by atoms with Gasteiger partial charge in [0.2, 0.25) is 0 Å². The van der Waals surface area contributed by atoms with Crippen LogP contribution in [-0.4, -0.2) is 16.2 Å². The molecule has 18 heavy (non-hydrogen) atoms. The molecule has 2 N–H and O–H groups in total. The zero-order chi connectivity index (χ0) is 13.9. The lowest BCUT2D eigenvalue weighted by molar-refractivity contribution is -0.152. The van der Waals surface area contributed by atoms with Crippen molar-refractivity contribution in [3.05, 3.63) is 33.8 Å². The summed E-state index contributed by atoms with van der Waals surface area (Å²) in [4.78, 5) is 11.2. The summed E-state index contributed by atoms with van der Waals surface area (Å²) in [5.41, 5.74) is -1.02. The summed E-state index contributed by atoms with van der Waals surface area (Å²) >= 11 is 11.7. The third-order valence-electron chi connectivity index (χ3n) is 3.06. The third-order valence-corrected chi connectivity index (χ3v) is 3.80. The molecule has 0 saturated heterocycles. The van der Waals surface area contributed by atoms with E-state index in [4.69, 9.17) is 23.2 Å². The highest BCUT2D eigenvalue weighted by Gasteiger charge is 2.38. The van der Waals surface area contributed by atoms with Crippen LogP contribution in [0.2, 0.25) is 10.0 Å². The van der Waals surface area contributed by atoms with Crippen molar-refractivity contribution < 1.29 is 15.0 Å². The van der Waals surface area contributed by atoms with Crippen molar-refractivity contribution in [3.63, 3.8) is 0 Å². The van der Waals surface area contributed by atoms with Gasteiger partial charge < -0.3 is 10.2 Å². The molecule has 2 atom stereocenters. The van der Waals surface area contributed by atoms with Gasteiger partial charge in [-0.3, -0.25) is 4.79 Å². The van der Waals surface area contributed by atoms with E-state index in [0.717, 1.165) is 0 Å². The number of halogens is 2. The van der Waals surface area contributed by atoms with Crippen molar-refractivity contribution in [1.29, 1.82) is 0 Å². The summed E-state index contributed by atoms with van der Waals surface area (Å²) < 4.78 is 0. The molecular weight excluding hydrogens is 275 g/mol. The monoisotopic (exact) mass is 290 g/mol. The van der Waals surface area contributed by atoms with Gasteiger partial charge in [-0.05, 0) is 31.0 Å². The minimum Gasteiger partial charge on any atom is -0.481 e. The molecule has 3 nitrogen and oxygen atoms in total. The van der Waals surface area contributed by atoms with Gasteiger partial charge >= 0.3 is 5.97 Å². The number of aliphatic hydroxyl groups is 1. The van der Waals surface area contributed by atoms with Crippen molar-refractivity contribution >= 4 is 29.2 Å². The van der Waals surface area contributed by atoms with Gasteiger partial charge in [-0.1, -0.05) is 42.6 Å². The fourth-order valence-electron chi connectivity index (χ4n) is 1.95. The predicted octanol–water partition coefficient (Wildman–Crippen LogP) is 3.70. The van der Waals surface area contributed by atoms with Gasteiger partial charge in [0.05, 0.1) is 16.0 Å². The maximum atomic E-state index is 11.2. The maximum Gasteiger partial charge on any atom is 0.309 e. The first-order chi connectivity index (χ1) is 8.30. The summed E-state index contributed by atoms with van der Waals surface area (Å²) in [6.07, 6.45) is 1.07. The molecule has 0 saturated carbocycles. The van der Waals surface area contributed by atoms with E-state index in [-0.39, 0.29) is 0 Å². The van der Waals surface area contributed by atoms with Crippen molar-refractivity contribution in [2.24, 2.45) is 5.92 Å². The predicted molar refractivity (Wildman–Crippen MR) is 72.1 cm³/mol. The molecule has 0 fully saturated rings. The van der Waals surface area contributed by atoms with Gasteiger partial charge in [-0.2, -0.15) is 0 Å².